The van der Waals surface area contributed by atoms with Gasteiger partial charge in [0.25, 0.3) is 0 Å². The van der Waals surface area contributed by atoms with Gasteiger partial charge in [0, 0.05) is 12.3 Å². The van der Waals surface area contributed by atoms with E-state index in [0.29, 0.717) is 11.8 Å². The van der Waals surface area contributed by atoms with Gasteiger partial charge in [-0.25, -0.2) is 8.42 Å². The lowest BCUT2D eigenvalue weighted by molar-refractivity contribution is 0.576. The molecule has 1 N–H and O–H groups in total. The highest BCUT2D eigenvalue weighted by Gasteiger charge is 2.20. The summed E-state index contributed by atoms with van der Waals surface area (Å²) in [6.45, 7) is 8.64. The predicted octanol–water partition coefficient (Wildman–Crippen LogP) is 3.24. The lowest BCUT2D eigenvalue weighted by Gasteiger charge is -2.23. The largest absolute Gasteiger partial charge is 0.312 e. The zero-order valence-electron chi connectivity index (χ0n) is 13.4. The first-order valence-electron chi connectivity index (χ1n) is 7.14. The van der Waals surface area contributed by atoms with Crippen molar-refractivity contribution in [2.75, 3.05) is 19.1 Å². The monoisotopic (exact) mass is 297 g/mol. The summed E-state index contributed by atoms with van der Waals surface area (Å²) in [6, 6.07) is 6.26. The van der Waals surface area contributed by atoms with Crippen molar-refractivity contribution < 1.29 is 8.42 Å². The Hall–Kier alpha value is -0.870. The second-order valence-electron chi connectivity index (χ2n) is 6.13. The minimum absolute atomic E-state index is 0.129. The van der Waals surface area contributed by atoms with Crippen LogP contribution in [0.3, 0.4) is 0 Å². The molecule has 114 valence electrons. The Bertz CT molecular complexity index is 548. The Morgan fingerprint density at radius 3 is 2.05 bits per heavy atom. The first kappa shape index (κ1) is 17.2. The third kappa shape index (κ3) is 4.60. The summed E-state index contributed by atoms with van der Waals surface area (Å²) in [6.07, 6.45) is 1.29. The minimum atomic E-state index is -3.02. The highest BCUT2D eigenvalue weighted by molar-refractivity contribution is 7.90. The van der Waals surface area contributed by atoms with Crippen LogP contribution >= 0.6 is 0 Å². The molecule has 0 aliphatic carbocycles. The van der Waals surface area contributed by atoms with Gasteiger partial charge in [-0.3, -0.25) is 0 Å². The summed E-state index contributed by atoms with van der Waals surface area (Å²) >= 11 is 0. The van der Waals surface area contributed by atoms with E-state index in [2.05, 4.69) is 51.2 Å². The summed E-state index contributed by atoms with van der Waals surface area (Å²) in [5, 5.41) is 3.14. The molecular weight excluding hydrogens is 270 g/mol. The normalized spacial score (nSPS) is 14.0. The molecule has 20 heavy (non-hydrogen) atoms. The molecular formula is C16H27NO2S. The smallest absolute Gasteiger partial charge is 0.149 e. The topological polar surface area (TPSA) is 46.2 Å². The standard InChI is InChI=1S/C16H27NO2S/c1-11(2)13-7-8-14(15(9-13)12(3)4)16(17-5)10-20(6,18)19/h7-9,11-12,16-17H,10H2,1-6H3. The Kier molecular flexibility index (Phi) is 5.78. The zero-order valence-corrected chi connectivity index (χ0v) is 14.2. The third-order valence-electron chi connectivity index (χ3n) is 3.59. The highest BCUT2D eigenvalue weighted by atomic mass is 32.2. The SMILES string of the molecule is CNC(CS(C)(=O)=O)c1ccc(C(C)C)cc1C(C)C. The van der Waals surface area contributed by atoms with E-state index in [-0.39, 0.29) is 11.8 Å². The third-order valence-corrected chi connectivity index (χ3v) is 4.53. The van der Waals surface area contributed by atoms with Crippen LogP contribution in [0.1, 0.15) is 62.3 Å². The number of hydrogen-bond donors (Lipinski definition) is 1. The van der Waals surface area contributed by atoms with Crippen LogP contribution in [0, 0.1) is 0 Å². The Morgan fingerprint density at radius 1 is 1.05 bits per heavy atom. The molecule has 0 spiro atoms. The maximum Gasteiger partial charge on any atom is 0.149 e. The molecule has 0 heterocycles. The van der Waals surface area contributed by atoms with E-state index in [1.54, 1.807) is 0 Å². The van der Waals surface area contributed by atoms with Crippen LogP contribution in [0.5, 0.6) is 0 Å². The minimum Gasteiger partial charge on any atom is -0.312 e. The van der Waals surface area contributed by atoms with Crippen LogP contribution < -0.4 is 5.32 Å². The Labute approximate surface area is 123 Å². The Balaban J connectivity index is 3.27. The predicted molar refractivity (Wildman–Crippen MR) is 86.1 cm³/mol. The van der Waals surface area contributed by atoms with Gasteiger partial charge in [-0.2, -0.15) is 0 Å². The van der Waals surface area contributed by atoms with E-state index < -0.39 is 9.84 Å². The summed E-state index contributed by atoms with van der Waals surface area (Å²) in [4.78, 5) is 0. The van der Waals surface area contributed by atoms with Crippen molar-refractivity contribution in [2.24, 2.45) is 0 Å². The van der Waals surface area contributed by atoms with Gasteiger partial charge in [0.05, 0.1) is 5.75 Å². The number of rotatable bonds is 6. The van der Waals surface area contributed by atoms with E-state index in [1.807, 2.05) is 7.05 Å². The molecule has 1 atom stereocenters. The molecule has 0 fully saturated rings. The van der Waals surface area contributed by atoms with Gasteiger partial charge in [-0.05, 0) is 35.6 Å². The van der Waals surface area contributed by atoms with Gasteiger partial charge in [-0.1, -0.05) is 45.9 Å². The van der Waals surface area contributed by atoms with Crippen molar-refractivity contribution in [3.05, 3.63) is 34.9 Å². The van der Waals surface area contributed by atoms with Gasteiger partial charge in [0.1, 0.15) is 9.84 Å². The molecule has 0 bridgehead atoms. The van der Waals surface area contributed by atoms with Crippen molar-refractivity contribution in [1.82, 2.24) is 5.32 Å². The summed E-state index contributed by atoms with van der Waals surface area (Å²) in [5.74, 6) is 0.980. The lowest BCUT2D eigenvalue weighted by atomic mass is 9.89. The van der Waals surface area contributed by atoms with Gasteiger partial charge < -0.3 is 5.32 Å². The average molecular weight is 297 g/mol. The van der Waals surface area contributed by atoms with Crippen LogP contribution in [0.2, 0.25) is 0 Å². The second-order valence-corrected chi connectivity index (χ2v) is 8.32. The second kappa shape index (κ2) is 6.72. The summed E-state index contributed by atoms with van der Waals surface area (Å²) in [7, 11) is -1.20. The van der Waals surface area contributed by atoms with Crippen molar-refractivity contribution >= 4 is 9.84 Å². The van der Waals surface area contributed by atoms with Crippen LogP contribution in [-0.2, 0) is 9.84 Å². The van der Waals surface area contributed by atoms with Crippen LogP contribution in [0.15, 0.2) is 18.2 Å². The number of sulfone groups is 1. The van der Waals surface area contributed by atoms with Gasteiger partial charge in [0.15, 0.2) is 0 Å². The number of benzene rings is 1. The maximum atomic E-state index is 11.6. The van der Waals surface area contributed by atoms with Crippen molar-refractivity contribution in [3.8, 4) is 0 Å². The Morgan fingerprint density at radius 2 is 1.65 bits per heavy atom. The molecule has 0 radical (unpaired) electrons. The van der Waals surface area contributed by atoms with E-state index in [4.69, 9.17) is 0 Å². The molecule has 1 unspecified atom stereocenters. The molecule has 4 heteroatoms. The van der Waals surface area contributed by atoms with Crippen LogP contribution in [-0.4, -0.2) is 27.5 Å². The van der Waals surface area contributed by atoms with Gasteiger partial charge >= 0.3 is 0 Å². The highest BCUT2D eigenvalue weighted by Crippen LogP contribution is 2.29. The summed E-state index contributed by atoms with van der Waals surface area (Å²) < 4.78 is 23.2. The number of nitrogens with one attached hydrogen (secondary N) is 1. The summed E-state index contributed by atoms with van der Waals surface area (Å²) in [5.41, 5.74) is 3.63. The lowest BCUT2D eigenvalue weighted by Crippen LogP contribution is -2.26. The molecule has 1 aromatic carbocycles. The van der Waals surface area contributed by atoms with Crippen LogP contribution in [0.4, 0.5) is 0 Å². The first-order chi connectivity index (χ1) is 9.15. The van der Waals surface area contributed by atoms with E-state index in [1.165, 1.54) is 17.4 Å². The number of hydrogen-bond acceptors (Lipinski definition) is 3. The molecule has 0 amide bonds. The van der Waals surface area contributed by atoms with Crippen LogP contribution in [0.25, 0.3) is 0 Å². The molecule has 0 aliphatic rings. The quantitative estimate of drug-likeness (QED) is 0.877. The zero-order chi connectivity index (χ0) is 15.5. The van der Waals surface area contributed by atoms with Crippen molar-refractivity contribution in [1.29, 1.82) is 0 Å². The molecule has 0 saturated carbocycles. The fourth-order valence-electron chi connectivity index (χ4n) is 2.40. The fourth-order valence-corrected chi connectivity index (χ4v) is 3.35. The molecule has 0 aromatic heterocycles. The van der Waals surface area contributed by atoms with Gasteiger partial charge in [0.2, 0.25) is 0 Å². The van der Waals surface area contributed by atoms with Gasteiger partial charge in [-0.15, -0.1) is 0 Å². The first-order valence-corrected chi connectivity index (χ1v) is 9.20. The molecule has 3 nitrogen and oxygen atoms in total. The van der Waals surface area contributed by atoms with Crippen molar-refractivity contribution in [2.45, 2.75) is 45.6 Å². The van der Waals surface area contributed by atoms with E-state index in [0.717, 1.165) is 5.56 Å². The fraction of sp³-hybridized carbons (Fsp3) is 0.625. The maximum absolute atomic E-state index is 11.6. The van der Waals surface area contributed by atoms with Crippen molar-refractivity contribution in [3.63, 3.8) is 0 Å². The molecule has 0 saturated heterocycles. The average Bonchev–Trinajstić information content (AvgIpc) is 2.34. The van der Waals surface area contributed by atoms with E-state index >= 15 is 0 Å². The molecule has 0 aliphatic heterocycles. The van der Waals surface area contributed by atoms with E-state index in [9.17, 15) is 8.42 Å². The molecule has 1 aromatic rings. The molecule has 1 rings (SSSR count).